The molecule has 4 heteroatoms. The van der Waals surface area contributed by atoms with Gasteiger partial charge >= 0.3 is 5.97 Å². The van der Waals surface area contributed by atoms with Crippen LogP contribution in [0.5, 0.6) is 0 Å². The Balaban J connectivity index is 4.37. The zero-order chi connectivity index (χ0) is 12.8. The van der Waals surface area contributed by atoms with Crippen LogP contribution in [0.4, 0.5) is 0 Å². The van der Waals surface area contributed by atoms with Gasteiger partial charge in [0, 0.05) is 6.54 Å². The summed E-state index contributed by atoms with van der Waals surface area (Å²) in [6.45, 7) is 9.33. The van der Waals surface area contributed by atoms with Gasteiger partial charge in [0.15, 0.2) is 0 Å². The smallest absolute Gasteiger partial charge is 0.319 e. The van der Waals surface area contributed by atoms with Crippen molar-refractivity contribution in [2.75, 3.05) is 26.7 Å². The van der Waals surface area contributed by atoms with E-state index in [1.165, 1.54) is 7.11 Å². The molecule has 0 saturated heterocycles. The highest BCUT2D eigenvalue weighted by Crippen LogP contribution is 2.17. The fourth-order valence-electron chi connectivity index (χ4n) is 1.41. The summed E-state index contributed by atoms with van der Waals surface area (Å²) in [5, 5.41) is 10.2. The van der Waals surface area contributed by atoms with E-state index in [0.717, 1.165) is 13.0 Å². The van der Waals surface area contributed by atoms with E-state index in [9.17, 15) is 9.90 Å². The van der Waals surface area contributed by atoms with Crippen LogP contribution in [0.15, 0.2) is 0 Å². The lowest BCUT2D eigenvalue weighted by atomic mass is 9.92. The number of aliphatic hydroxyl groups is 1. The van der Waals surface area contributed by atoms with Gasteiger partial charge in [-0.25, -0.2) is 0 Å². The summed E-state index contributed by atoms with van der Waals surface area (Å²) >= 11 is 0. The van der Waals surface area contributed by atoms with Gasteiger partial charge in [-0.15, -0.1) is 0 Å². The van der Waals surface area contributed by atoms with E-state index < -0.39 is 5.60 Å². The zero-order valence-electron chi connectivity index (χ0n) is 11.1. The monoisotopic (exact) mass is 231 g/mol. The summed E-state index contributed by atoms with van der Waals surface area (Å²) in [4.78, 5) is 13.1. The largest absolute Gasteiger partial charge is 0.468 e. The Hall–Kier alpha value is -0.610. The fourth-order valence-corrected chi connectivity index (χ4v) is 1.41. The summed E-state index contributed by atoms with van der Waals surface area (Å²) in [5.74, 6) is -0.0995. The van der Waals surface area contributed by atoms with E-state index >= 15 is 0 Å². The number of carbonyl (C=O) groups excluding carboxylic acids is 1. The molecule has 1 atom stereocenters. The number of ether oxygens (including phenoxy) is 1. The lowest BCUT2D eigenvalue weighted by Crippen LogP contribution is -2.46. The van der Waals surface area contributed by atoms with E-state index in [0.29, 0.717) is 6.54 Å². The number of rotatable bonds is 7. The summed E-state index contributed by atoms with van der Waals surface area (Å²) in [6, 6.07) is 0. The van der Waals surface area contributed by atoms with Gasteiger partial charge in [-0.1, -0.05) is 20.8 Å². The van der Waals surface area contributed by atoms with E-state index in [4.69, 9.17) is 0 Å². The average Bonchev–Trinajstić information content (AvgIpc) is 2.17. The van der Waals surface area contributed by atoms with Crippen molar-refractivity contribution in [2.45, 2.75) is 39.7 Å². The van der Waals surface area contributed by atoms with Crippen molar-refractivity contribution in [1.82, 2.24) is 4.90 Å². The van der Waals surface area contributed by atoms with Gasteiger partial charge in [-0.2, -0.15) is 0 Å². The molecule has 0 heterocycles. The molecule has 16 heavy (non-hydrogen) atoms. The average molecular weight is 231 g/mol. The highest BCUT2D eigenvalue weighted by molar-refractivity contribution is 5.71. The van der Waals surface area contributed by atoms with Gasteiger partial charge in [0.2, 0.25) is 0 Å². The van der Waals surface area contributed by atoms with Gasteiger partial charge in [0.25, 0.3) is 0 Å². The van der Waals surface area contributed by atoms with Crippen molar-refractivity contribution >= 4 is 5.97 Å². The van der Waals surface area contributed by atoms with Crippen molar-refractivity contribution in [3.63, 3.8) is 0 Å². The van der Waals surface area contributed by atoms with E-state index in [-0.39, 0.29) is 18.4 Å². The predicted molar refractivity (Wildman–Crippen MR) is 64.2 cm³/mol. The molecule has 0 spiro atoms. The maximum absolute atomic E-state index is 11.2. The molecule has 0 fully saturated rings. The standard InChI is InChI=1S/C12H25NO3/c1-6-7-13(8-11(14)16-5)9-12(4,15)10(2)3/h10,15H,6-9H2,1-5H3. The molecule has 0 aliphatic rings. The molecule has 4 nitrogen and oxygen atoms in total. The van der Waals surface area contributed by atoms with Crippen LogP contribution in [0.1, 0.15) is 34.1 Å². The van der Waals surface area contributed by atoms with E-state index in [1.54, 1.807) is 6.92 Å². The number of methoxy groups -OCH3 is 1. The summed E-state index contributed by atoms with van der Waals surface area (Å²) in [6.07, 6.45) is 0.950. The molecule has 0 saturated carbocycles. The van der Waals surface area contributed by atoms with Crippen LogP contribution in [0.2, 0.25) is 0 Å². The molecule has 0 aliphatic carbocycles. The van der Waals surface area contributed by atoms with Crippen molar-refractivity contribution in [3.05, 3.63) is 0 Å². The third-order valence-electron chi connectivity index (χ3n) is 2.91. The van der Waals surface area contributed by atoms with Crippen LogP contribution in [0.3, 0.4) is 0 Å². The molecule has 0 aliphatic heterocycles. The first-order valence-corrected chi connectivity index (χ1v) is 5.85. The normalized spacial score (nSPS) is 15.2. The molecule has 1 N–H and O–H groups in total. The topological polar surface area (TPSA) is 49.8 Å². The molecule has 0 aromatic rings. The molecule has 0 aromatic heterocycles. The molecule has 0 rings (SSSR count). The summed E-state index contributed by atoms with van der Waals surface area (Å²) < 4.78 is 4.64. The van der Waals surface area contributed by atoms with Gasteiger partial charge in [-0.05, 0) is 25.8 Å². The maximum Gasteiger partial charge on any atom is 0.319 e. The quantitative estimate of drug-likeness (QED) is 0.671. The highest BCUT2D eigenvalue weighted by atomic mass is 16.5. The molecular weight excluding hydrogens is 206 g/mol. The van der Waals surface area contributed by atoms with Crippen LogP contribution >= 0.6 is 0 Å². The predicted octanol–water partition coefficient (Wildman–Crippen LogP) is 1.28. The summed E-state index contributed by atoms with van der Waals surface area (Å²) in [5.41, 5.74) is -0.775. The summed E-state index contributed by atoms with van der Waals surface area (Å²) in [7, 11) is 1.38. The second kappa shape index (κ2) is 6.86. The second-order valence-electron chi connectivity index (χ2n) is 4.80. The molecule has 0 radical (unpaired) electrons. The minimum atomic E-state index is -0.775. The van der Waals surface area contributed by atoms with Gasteiger partial charge in [0.05, 0.1) is 19.3 Å². The molecule has 0 aromatic carbocycles. The van der Waals surface area contributed by atoms with E-state index in [2.05, 4.69) is 4.74 Å². The van der Waals surface area contributed by atoms with Gasteiger partial charge in [0.1, 0.15) is 0 Å². The lowest BCUT2D eigenvalue weighted by molar-refractivity contribution is -0.142. The fraction of sp³-hybridized carbons (Fsp3) is 0.917. The minimum absolute atomic E-state index is 0.157. The third-order valence-corrected chi connectivity index (χ3v) is 2.91. The van der Waals surface area contributed by atoms with E-state index in [1.807, 2.05) is 25.7 Å². The van der Waals surface area contributed by atoms with Crippen LogP contribution < -0.4 is 0 Å². The van der Waals surface area contributed by atoms with Crippen LogP contribution in [0, 0.1) is 5.92 Å². The molecular formula is C12H25NO3. The number of esters is 1. The Labute approximate surface area is 98.6 Å². The first-order valence-electron chi connectivity index (χ1n) is 5.85. The number of carbonyl (C=O) groups is 1. The minimum Gasteiger partial charge on any atom is -0.468 e. The van der Waals surface area contributed by atoms with Crippen LogP contribution in [-0.2, 0) is 9.53 Å². The lowest BCUT2D eigenvalue weighted by Gasteiger charge is -2.33. The van der Waals surface area contributed by atoms with Crippen LogP contribution in [-0.4, -0.2) is 48.3 Å². The number of nitrogens with zero attached hydrogens (tertiary/aromatic N) is 1. The maximum atomic E-state index is 11.2. The molecule has 0 amide bonds. The Kier molecular flexibility index (Phi) is 6.60. The molecule has 1 unspecified atom stereocenters. The first-order chi connectivity index (χ1) is 7.33. The highest BCUT2D eigenvalue weighted by Gasteiger charge is 2.28. The van der Waals surface area contributed by atoms with Gasteiger partial charge < -0.3 is 9.84 Å². The van der Waals surface area contributed by atoms with Gasteiger partial charge in [-0.3, -0.25) is 9.69 Å². The Morgan fingerprint density at radius 3 is 2.44 bits per heavy atom. The Morgan fingerprint density at radius 1 is 1.50 bits per heavy atom. The van der Waals surface area contributed by atoms with Crippen molar-refractivity contribution in [3.8, 4) is 0 Å². The van der Waals surface area contributed by atoms with Crippen LogP contribution in [0.25, 0.3) is 0 Å². The SMILES string of the molecule is CCCN(CC(=O)OC)CC(C)(O)C(C)C. The number of hydrogen-bond acceptors (Lipinski definition) is 4. The second-order valence-corrected chi connectivity index (χ2v) is 4.80. The molecule has 96 valence electrons. The first kappa shape index (κ1) is 15.4. The van der Waals surface area contributed by atoms with Crippen molar-refractivity contribution in [2.24, 2.45) is 5.92 Å². The number of hydrogen-bond donors (Lipinski definition) is 1. The Morgan fingerprint density at radius 2 is 2.06 bits per heavy atom. The third kappa shape index (κ3) is 5.47. The molecule has 0 bridgehead atoms. The zero-order valence-corrected chi connectivity index (χ0v) is 11.1. The Bertz CT molecular complexity index is 214. The van der Waals surface area contributed by atoms with Crippen molar-refractivity contribution in [1.29, 1.82) is 0 Å². The van der Waals surface area contributed by atoms with Crippen molar-refractivity contribution < 1.29 is 14.6 Å².